The molecule has 0 bridgehead atoms. The lowest BCUT2D eigenvalue weighted by atomic mass is 10.3. The van der Waals surface area contributed by atoms with E-state index >= 15 is 0 Å². The van der Waals surface area contributed by atoms with Gasteiger partial charge in [0.15, 0.2) is 0 Å². The van der Waals surface area contributed by atoms with Gasteiger partial charge in [0, 0.05) is 19.8 Å². The summed E-state index contributed by atoms with van der Waals surface area (Å²) in [6.45, 7) is 9.11. The van der Waals surface area contributed by atoms with Gasteiger partial charge < -0.3 is 9.88 Å². The van der Waals surface area contributed by atoms with Gasteiger partial charge in [-0.25, -0.2) is 4.98 Å². The fourth-order valence-corrected chi connectivity index (χ4v) is 2.32. The van der Waals surface area contributed by atoms with Gasteiger partial charge in [0.1, 0.15) is 5.82 Å². The lowest BCUT2D eigenvalue weighted by Gasteiger charge is -2.11. The molecular weight excluding hydrogens is 250 g/mol. The average Bonchev–Trinajstić information content (AvgIpc) is 2.96. The van der Waals surface area contributed by atoms with Crippen LogP contribution in [0.3, 0.4) is 0 Å². The van der Waals surface area contributed by atoms with Crippen molar-refractivity contribution in [3.63, 3.8) is 0 Å². The second-order valence-electron chi connectivity index (χ2n) is 5.16. The second kappa shape index (κ2) is 6.70. The molecule has 0 aromatic carbocycles. The summed E-state index contributed by atoms with van der Waals surface area (Å²) in [5, 5.41) is 7.95. The molecule has 0 radical (unpaired) electrons. The molecule has 0 spiro atoms. The Morgan fingerprint density at radius 3 is 2.70 bits per heavy atom. The molecule has 0 fully saturated rings. The topological polar surface area (TPSA) is 47.7 Å². The van der Waals surface area contributed by atoms with Crippen LogP contribution in [0, 0.1) is 6.92 Å². The molecule has 110 valence electrons. The Morgan fingerprint density at radius 2 is 2.05 bits per heavy atom. The van der Waals surface area contributed by atoms with E-state index in [-0.39, 0.29) is 0 Å². The molecule has 0 amide bonds. The first kappa shape index (κ1) is 14.8. The van der Waals surface area contributed by atoms with Crippen LogP contribution in [0.1, 0.15) is 43.2 Å². The van der Waals surface area contributed by atoms with E-state index in [1.807, 2.05) is 17.9 Å². The number of nitrogens with one attached hydrogen (secondary N) is 1. The summed E-state index contributed by atoms with van der Waals surface area (Å²) in [5.74, 6) is 1.05. The second-order valence-corrected chi connectivity index (χ2v) is 5.16. The molecule has 0 unspecified atom stereocenters. The highest BCUT2D eigenvalue weighted by atomic mass is 15.3. The average molecular weight is 275 g/mol. The van der Waals surface area contributed by atoms with Crippen LogP contribution in [-0.2, 0) is 26.6 Å². The third kappa shape index (κ3) is 3.28. The zero-order valence-corrected chi connectivity index (χ0v) is 13.0. The minimum absolute atomic E-state index is 0.832. The molecule has 1 N–H and O–H groups in total. The number of aryl methyl sites for hydroxylation is 3. The van der Waals surface area contributed by atoms with Gasteiger partial charge in [0.05, 0.1) is 23.6 Å². The number of rotatable bonds is 7. The summed E-state index contributed by atoms with van der Waals surface area (Å²) in [4.78, 5) is 4.44. The van der Waals surface area contributed by atoms with Crippen molar-refractivity contribution in [1.82, 2.24) is 24.6 Å². The highest BCUT2D eigenvalue weighted by Crippen LogP contribution is 2.11. The molecule has 0 saturated heterocycles. The predicted molar refractivity (Wildman–Crippen MR) is 80.6 cm³/mol. The Bertz CT molecular complexity index is 553. The Balaban J connectivity index is 2.15. The summed E-state index contributed by atoms with van der Waals surface area (Å²) in [5.41, 5.74) is 3.60. The first-order valence-electron chi connectivity index (χ1n) is 7.39. The number of hydrogen-bond donors (Lipinski definition) is 1. The van der Waals surface area contributed by atoms with E-state index in [9.17, 15) is 0 Å². The van der Waals surface area contributed by atoms with Crippen LogP contribution in [0.4, 0.5) is 0 Å². The van der Waals surface area contributed by atoms with Crippen LogP contribution in [-0.4, -0.2) is 25.9 Å². The maximum atomic E-state index is 4.51. The van der Waals surface area contributed by atoms with E-state index in [1.165, 1.54) is 11.4 Å². The Labute approximate surface area is 121 Å². The van der Waals surface area contributed by atoms with Crippen LogP contribution in [0.15, 0.2) is 12.3 Å². The number of hydrogen-bond acceptors (Lipinski definition) is 3. The molecule has 0 aliphatic heterocycles. The van der Waals surface area contributed by atoms with Crippen molar-refractivity contribution < 1.29 is 0 Å². The van der Waals surface area contributed by atoms with Gasteiger partial charge in [-0.05, 0) is 32.4 Å². The van der Waals surface area contributed by atoms with Crippen molar-refractivity contribution in [3.8, 4) is 0 Å². The van der Waals surface area contributed by atoms with Gasteiger partial charge in [-0.2, -0.15) is 5.10 Å². The molecule has 2 heterocycles. The van der Waals surface area contributed by atoms with Crippen LogP contribution in [0.25, 0.3) is 0 Å². The summed E-state index contributed by atoms with van der Waals surface area (Å²) < 4.78 is 4.24. The van der Waals surface area contributed by atoms with Crippen LogP contribution in [0.5, 0.6) is 0 Å². The first-order valence-corrected chi connectivity index (χ1v) is 7.39. The molecular formula is C15H25N5. The van der Waals surface area contributed by atoms with Crippen molar-refractivity contribution in [3.05, 3.63) is 35.2 Å². The van der Waals surface area contributed by atoms with E-state index < -0.39 is 0 Å². The molecule has 5 nitrogen and oxygen atoms in total. The molecule has 5 heteroatoms. The van der Waals surface area contributed by atoms with Gasteiger partial charge in [-0.3, -0.25) is 4.68 Å². The predicted octanol–water partition coefficient (Wildman–Crippen LogP) is 2.04. The first-order chi connectivity index (χ1) is 9.65. The van der Waals surface area contributed by atoms with Crippen molar-refractivity contribution in [1.29, 1.82) is 0 Å². The van der Waals surface area contributed by atoms with Gasteiger partial charge in [-0.1, -0.05) is 13.8 Å². The largest absolute Gasteiger partial charge is 0.325 e. The van der Waals surface area contributed by atoms with Crippen molar-refractivity contribution in [2.75, 3.05) is 6.54 Å². The molecule has 0 saturated carbocycles. The van der Waals surface area contributed by atoms with Gasteiger partial charge in [-0.15, -0.1) is 0 Å². The van der Waals surface area contributed by atoms with E-state index in [0.717, 1.165) is 44.0 Å². The maximum absolute atomic E-state index is 4.51. The highest BCUT2D eigenvalue weighted by Gasteiger charge is 2.10. The Morgan fingerprint density at radius 1 is 1.25 bits per heavy atom. The molecule has 0 aliphatic carbocycles. The summed E-state index contributed by atoms with van der Waals surface area (Å²) in [6.07, 6.45) is 4.09. The zero-order valence-electron chi connectivity index (χ0n) is 13.0. The van der Waals surface area contributed by atoms with E-state index in [4.69, 9.17) is 0 Å². The Kier molecular flexibility index (Phi) is 4.95. The highest BCUT2D eigenvalue weighted by molar-refractivity contribution is 5.14. The molecule has 0 atom stereocenters. The van der Waals surface area contributed by atoms with Gasteiger partial charge in [0.2, 0.25) is 0 Å². The van der Waals surface area contributed by atoms with Crippen LogP contribution < -0.4 is 5.32 Å². The quantitative estimate of drug-likeness (QED) is 0.787. The fourth-order valence-electron chi connectivity index (χ4n) is 2.32. The summed E-state index contributed by atoms with van der Waals surface area (Å²) in [6, 6.07) is 2.18. The smallest absolute Gasteiger partial charge is 0.106 e. The SMILES string of the molecule is CCCNCc1cnc(C)n1Cc1cc(CC)nn1C. The number of nitrogens with zero attached hydrogens (tertiary/aromatic N) is 4. The standard InChI is InChI=1S/C15H25N5/c1-5-7-16-9-15-10-17-12(3)20(15)11-14-8-13(6-2)18-19(14)4/h8,10,16H,5-7,9,11H2,1-4H3. The third-order valence-electron chi connectivity index (χ3n) is 3.58. The molecule has 20 heavy (non-hydrogen) atoms. The fraction of sp³-hybridized carbons (Fsp3) is 0.600. The normalized spacial score (nSPS) is 11.2. The Hall–Kier alpha value is -1.62. The van der Waals surface area contributed by atoms with Crippen molar-refractivity contribution in [2.24, 2.45) is 7.05 Å². The minimum Gasteiger partial charge on any atom is -0.325 e. The third-order valence-corrected chi connectivity index (χ3v) is 3.58. The van der Waals surface area contributed by atoms with Gasteiger partial charge in [0.25, 0.3) is 0 Å². The summed E-state index contributed by atoms with van der Waals surface area (Å²) >= 11 is 0. The zero-order chi connectivity index (χ0) is 14.5. The molecule has 0 aliphatic rings. The van der Waals surface area contributed by atoms with Crippen LogP contribution in [0.2, 0.25) is 0 Å². The van der Waals surface area contributed by atoms with E-state index in [2.05, 4.69) is 46.8 Å². The molecule has 2 aromatic heterocycles. The molecule has 2 rings (SSSR count). The number of imidazole rings is 1. The summed E-state index contributed by atoms with van der Waals surface area (Å²) in [7, 11) is 2.01. The van der Waals surface area contributed by atoms with Crippen molar-refractivity contribution in [2.45, 2.75) is 46.7 Å². The van der Waals surface area contributed by atoms with Crippen LogP contribution >= 0.6 is 0 Å². The monoisotopic (exact) mass is 275 g/mol. The number of aromatic nitrogens is 4. The van der Waals surface area contributed by atoms with E-state index in [0.29, 0.717) is 0 Å². The van der Waals surface area contributed by atoms with Crippen molar-refractivity contribution >= 4 is 0 Å². The minimum atomic E-state index is 0.832. The van der Waals surface area contributed by atoms with Gasteiger partial charge >= 0.3 is 0 Å². The lowest BCUT2D eigenvalue weighted by molar-refractivity contribution is 0.600. The molecule has 2 aromatic rings. The maximum Gasteiger partial charge on any atom is 0.106 e. The lowest BCUT2D eigenvalue weighted by Crippen LogP contribution is -2.18. The van der Waals surface area contributed by atoms with E-state index in [1.54, 1.807) is 0 Å².